The van der Waals surface area contributed by atoms with Crippen LogP contribution in [0, 0.1) is 6.92 Å². The van der Waals surface area contributed by atoms with Crippen molar-refractivity contribution in [2.24, 2.45) is 0 Å². The van der Waals surface area contributed by atoms with Gasteiger partial charge in [0.25, 0.3) is 5.91 Å². The number of nitrogens with zero attached hydrogens (tertiary/aromatic N) is 1. The number of pyridine rings is 1. The molecule has 0 aliphatic heterocycles. The highest BCUT2D eigenvalue weighted by atomic mass is 32.1. The zero-order valence-electron chi connectivity index (χ0n) is 10.1. The van der Waals surface area contributed by atoms with Crippen molar-refractivity contribution >= 4 is 33.1 Å². The van der Waals surface area contributed by atoms with Crippen LogP contribution in [0.1, 0.15) is 21.7 Å². The van der Waals surface area contributed by atoms with Crippen LogP contribution in [0.15, 0.2) is 12.3 Å². The summed E-state index contributed by atoms with van der Waals surface area (Å²) in [6.45, 7) is 2.44. The number of nitrogen functional groups attached to an aromatic ring is 1. The van der Waals surface area contributed by atoms with E-state index in [1.54, 1.807) is 6.20 Å². The SMILES string of the molecule is Cc1ccnc2sc(C(=O)NCCCO)c(N)c12. The van der Waals surface area contributed by atoms with Crippen LogP contribution in [0.25, 0.3) is 10.2 Å². The number of rotatable bonds is 4. The van der Waals surface area contributed by atoms with Gasteiger partial charge < -0.3 is 16.2 Å². The maximum atomic E-state index is 11.9. The molecule has 0 fully saturated rings. The molecule has 0 bridgehead atoms. The van der Waals surface area contributed by atoms with Crippen LogP contribution in [0.4, 0.5) is 5.69 Å². The molecule has 1 amide bonds. The molecular formula is C12H15N3O2S. The Bertz CT molecular complexity index is 580. The van der Waals surface area contributed by atoms with Gasteiger partial charge in [-0.25, -0.2) is 4.98 Å². The Kier molecular flexibility index (Phi) is 3.78. The minimum absolute atomic E-state index is 0.0584. The average Bonchev–Trinajstić information content (AvgIpc) is 2.68. The Hall–Kier alpha value is -1.66. The molecule has 0 aliphatic rings. The second-order valence-corrected chi connectivity index (χ2v) is 4.98. The maximum Gasteiger partial charge on any atom is 0.263 e. The lowest BCUT2D eigenvalue weighted by Gasteiger charge is -2.02. The zero-order valence-corrected chi connectivity index (χ0v) is 10.9. The Morgan fingerprint density at radius 2 is 2.39 bits per heavy atom. The van der Waals surface area contributed by atoms with E-state index in [9.17, 15) is 4.79 Å². The second kappa shape index (κ2) is 5.32. The van der Waals surface area contributed by atoms with Gasteiger partial charge in [0.15, 0.2) is 0 Å². The molecule has 4 N–H and O–H groups in total. The Labute approximate surface area is 109 Å². The van der Waals surface area contributed by atoms with Crippen LogP contribution < -0.4 is 11.1 Å². The maximum absolute atomic E-state index is 11.9. The van der Waals surface area contributed by atoms with Crippen molar-refractivity contribution in [2.75, 3.05) is 18.9 Å². The monoisotopic (exact) mass is 265 g/mol. The second-order valence-electron chi connectivity index (χ2n) is 3.99. The van der Waals surface area contributed by atoms with Gasteiger partial charge in [0.2, 0.25) is 0 Å². The number of thiophene rings is 1. The number of anilines is 1. The lowest BCUT2D eigenvalue weighted by atomic mass is 10.2. The molecule has 0 spiro atoms. The van der Waals surface area contributed by atoms with E-state index in [0.717, 1.165) is 15.8 Å². The zero-order chi connectivity index (χ0) is 13.1. The van der Waals surface area contributed by atoms with Crippen molar-refractivity contribution in [2.45, 2.75) is 13.3 Å². The van der Waals surface area contributed by atoms with Crippen LogP contribution in [-0.2, 0) is 0 Å². The fourth-order valence-electron chi connectivity index (χ4n) is 1.73. The van der Waals surface area contributed by atoms with E-state index in [2.05, 4.69) is 10.3 Å². The summed E-state index contributed by atoms with van der Waals surface area (Å²) < 4.78 is 0. The molecule has 5 nitrogen and oxygen atoms in total. The smallest absolute Gasteiger partial charge is 0.263 e. The van der Waals surface area contributed by atoms with E-state index in [1.807, 2.05) is 13.0 Å². The number of aryl methyl sites for hydroxylation is 1. The van der Waals surface area contributed by atoms with Crippen LogP contribution in [0.2, 0.25) is 0 Å². The molecule has 0 atom stereocenters. The van der Waals surface area contributed by atoms with Crippen LogP contribution >= 0.6 is 11.3 Å². The number of aromatic nitrogens is 1. The fourth-order valence-corrected chi connectivity index (χ4v) is 2.79. The number of hydrogen-bond acceptors (Lipinski definition) is 5. The third-order valence-corrected chi connectivity index (χ3v) is 3.78. The van der Waals surface area contributed by atoms with Gasteiger partial charge in [-0.1, -0.05) is 0 Å². The molecule has 2 heterocycles. The van der Waals surface area contributed by atoms with E-state index in [1.165, 1.54) is 11.3 Å². The number of amides is 1. The minimum Gasteiger partial charge on any atom is -0.397 e. The molecule has 0 aromatic carbocycles. The Morgan fingerprint density at radius 3 is 3.06 bits per heavy atom. The number of aliphatic hydroxyl groups is 1. The highest BCUT2D eigenvalue weighted by molar-refractivity contribution is 7.21. The first-order chi connectivity index (χ1) is 8.65. The van der Waals surface area contributed by atoms with Crippen molar-refractivity contribution in [3.8, 4) is 0 Å². The first kappa shape index (κ1) is 12.8. The quantitative estimate of drug-likeness (QED) is 0.727. The highest BCUT2D eigenvalue weighted by Crippen LogP contribution is 2.34. The molecule has 2 rings (SSSR count). The normalized spacial score (nSPS) is 10.8. The minimum atomic E-state index is -0.205. The summed E-state index contributed by atoms with van der Waals surface area (Å²) in [6.07, 6.45) is 2.24. The number of nitrogens with two attached hydrogens (primary N) is 1. The summed E-state index contributed by atoms with van der Waals surface area (Å²) in [6, 6.07) is 1.87. The molecule has 0 radical (unpaired) electrons. The van der Waals surface area contributed by atoms with E-state index in [4.69, 9.17) is 10.8 Å². The number of hydrogen-bond donors (Lipinski definition) is 3. The summed E-state index contributed by atoms with van der Waals surface area (Å²) in [5.74, 6) is -0.205. The molecule has 0 aliphatic carbocycles. The Morgan fingerprint density at radius 1 is 1.61 bits per heavy atom. The predicted molar refractivity (Wildman–Crippen MR) is 72.8 cm³/mol. The van der Waals surface area contributed by atoms with Gasteiger partial charge in [-0.3, -0.25) is 4.79 Å². The number of nitrogens with one attached hydrogen (secondary N) is 1. The van der Waals surface area contributed by atoms with Gasteiger partial charge in [-0.05, 0) is 25.0 Å². The predicted octanol–water partition coefficient (Wildman–Crippen LogP) is 1.30. The van der Waals surface area contributed by atoms with E-state index in [0.29, 0.717) is 23.5 Å². The Balaban J connectivity index is 2.31. The molecule has 6 heteroatoms. The van der Waals surface area contributed by atoms with Gasteiger partial charge in [-0.2, -0.15) is 0 Å². The van der Waals surface area contributed by atoms with Crippen LogP contribution in [0.5, 0.6) is 0 Å². The van der Waals surface area contributed by atoms with E-state index >= 15 is 0 Å². The molecule has 18 heavy (non-hydrogen) atoms. The van der Waals surface area contributed by atoms with Crippen molar-refractivity contribution < 1.29 is 9.90 Å². The first-order valence-corrected chi connectivity index (χ1v) is 6.49. The van der Waals surface area contributed by atoms with Crippen LogP contribution in [0.3, 0.4) is 0 Å². The fraction of sp³-hybridized carbons (Fsp3) is 0.333. The summed E-state index contributed by atoms with van der Waals surface area (Å²) in [5, 5.41) is 12.3. The van der Waals surface area contributed by atoms with Crippen molar-refractivity contribution in [3.63, 3.8) is 0 Å². The molecule has 2 aromatic rings. The largest absolute Gasteiger partial charge is 0.397 e. The number of carbonyl (C=O) groups is 1. The third kappa shape index (κ3) is 2.30. The molecular weight excluding hydrogens is 250 g/mol. The standard InChI is InChI=1S/C12H15N3O2S/c1-7-3-5-15-12-8(7)9(13)10(18-12)11(17)14-4-2-6-16/h3,5,16H,2,4,6,13H2,1H3,(H,14,17). The van der Waals surface area contributed by atoms with E-state index in [-0.39, 0.29) is 12.5 Å². The number of fused-ring (bicyclic) bond motifs is 1. The lowest BCUT2D eigenvalue weighted by Crippen LogP contribution is -2.24. The van der Waals surface area contributed by atoms with Crippen molar-refractivity contribution in [1.82, 2.24) is 10.3 Å². The van der Waals surface area contributed by atoms with Gasteiger partial charge in [0.1, 0.15) is 9.71 Å². The van der Waals surface area contributed by atoms with Gasteiger partial charge in [0, 0.05) is 24.7 Å². The summed E-state index contributed by atoms with van der Waals surface area (Å²) >= 11 is 1.29. The molecule has 0 saturated carbocycles. The topological polar surface area (TPSA) is 88.2 Å². The summed E-state index contributed by atoms with van der Waals surface area (Å²) in [5.41, 5.74) is 7.51. The first-order valence-electron chi connectivity index (χ1n) is 5.67. The summed E-state index contributed by atoms with van der Waals surface area (Å²) in [4.78, 5) is 17.4. The molecule has 96 valence electrons. The van der Waals surface area contributed by atoms with Crippen molar-refractivity contribution in [3.05, 3.63) is 22.7 Å². The lowest BCUT2D eigenvalue weighted by molar-refractivity contribution is 0.0956. The average molecular weight is 265 g/mol. The molecule has 2 aromatic heterocycles. The molecule has 0 saturated heterocycles. The highest BCUT2D eigenvalue weighted by Gasteiger charge is 2.17. The number of aliphatic hydroxyl groups excluding tert-OH is 1. The summed E-state index contributed by atoms with van der Waals surface area (Å²) in [7, 11) is 0. The van der Waals surface area contributed by atoms with E-state index < -0.39 is 0 Å². The number of carbonyl (C=O) groups excluding carboxylic acids is 1. The third-order valence-electron chi connectivity index (χ3n) is 2.66. The van der Waals surface area contributed by atoms with Gasteiger partial charge in [-0.15, -0.1) is 11.3 Å². The van der Waals surface area contributed by atoms with Gasteiger partial charge in [0.05, 0.1) is 5.69 Å². The van der Waals surface area contributed by atoms with Crippen LogP contribution in [-0.4, -0.2) is 29.1 Å². The van der Waals surface area contributed by atoms with Crippen molar-refractivity contribution in [1.29, 1.82) is 0 Å². The van der Waals surface area contributed by atoms with Gasteiger partial charge >= 0.3 is 0 Å². The molecule has 0 unspecified atom stereocenters.